The fourth-order valence-electron chi connectivity index (χ4n) is 3.01. The van der Waals surface area contributed by atoms with Crippen molar-refractivity contribution >= 4 is 35.0 Å². The molecule has 1 aromatic carbocycles. The number of halogens is 2. The summed E-state index contributed by atoms with van der Waals surface area (Å²) in [7, 11) is 0. The summed E-state index contributed by atoms with van der Waals surface area (Å²) in [6.07, 6.45) is 2.83. The van der Waals surface area contributed by atoms with Crippen molar-refractivity contribution in [2.24, 2.45) is 5.73 Å². The molecule has 0 radical (unpaired) electrons. The average Bonchev–Trinajstić information content (AvgIpc) is 2.68. The third-order valence-electron chi connectivity index (χ3n) is 4.27. The van der Waals surface area contributed by atoms with Gasteiger partial charge in [0.05, 0.1) is 19.3 Å². The van der Waals surface area contributed by atoms with Crippen LogP contribution in [-0.4, -0.2) is 41.5 Å². The van der Waals surface area contributed by atoms with Gasteiger partial charge in [0.15, 0.2) is 0 Å². The molecule has 0 bridgehead atoms. The van der Waals surface area contributed by atoms with Crippen LogP contribution in [0.1, 0.15) is 22.1 Å². The number of benzene rings is 1. The minimum atomic E-state index is -0.607. The molecule has 8 heteroatoms. The summed E-state index contributed by atoms with van der Waals surface area (Å²) >= 11 is 11.9. The van der Waals surface area contributed by atoms with E-state index in [1.54, 1.807) is 29.2 Å². The first-order chi connectivity index (χ1) is 13.0. The van der Waals surface area contributed by atoms with Crippen LogP contribution in [0.2, 0.25) is 5.02 Å². The zero-order valence-corrected chi connectivity index (χ0v) is 15.8. The Balaban J connectivity index is 2.00. The van der Waals surface area contributed by atoms with Crippen LogP contribution in [0.15, 0.2) is 48.1 Å². The van der Waals surface area contributed by atoms with Crippen molar-refractivity contribution in [2.45, 2.75) is 6.04 Å². The minimum absolute atomic E-state index is 0.166. The molecule has 27 heavy (non-hydrogen) atoms. The Morgan fingerprint density at radius 1 is 1.26 bits per heavy atom. The lowest BCUT2D eigenvalue weighted by Gasteiger charge is -2.35. The minimum Gasteiger partial charge on any atom is -0.377 e. The Morgan fingerprint density at radius 3 is 2.81 bits per heavy atom. The molecule has 1 aliphatic heterocycles. The van der Waals surface area contributed by atoms with Crippen molar-refractivity contribution in [3.05, 3.63) is 64.4 Å². The maximum atomic E-state index is 12.3. The molecule has 6 nitrogen and oxygen atoms in total. The molecule has 0 spiro atoms. The highest BCUT2D eigenvalue weighted by Crippen LogP contribution is 2.32. The number of hydrogen-bond donors (Lipinski definition) is 1. The maximum absolute atomic E-state index is 12.3. The van der Waals surface area contributed by atoms with Crippen LogP contribution in [0.25, 0.3) is 11.1 Å². The van der Waals surface area contributed by atoms with Gasteiger partial charge < -0.3 is 15.4 Å². The largest absolute Gasteiger partial charge is 0.377 e. The topological polar surface area (TPSA) is 85.5 Å². The number of rotatable bonds is 4. The van der Waals surface area contributed by atoms with Crippen molar-refractivity contribution in [1.82, 2.24) is 9.88 Å². The number of primary amides is 1. The number of nitrogens with zero attached hydrogens (tertiary/aromatic N) is 2. The van der Waals surface area contributed by atoms with Gasteiger partial charge in [0.2, 0.25) is 5.91 Å². The van der Waals surface area contributed by atoms with Crippen molar-refractivity contribution in [3.8, 4) is 11.1 Å². The fraction of sp³-hybridized carbons (Fsp3) is 0.211. The normalized spacial score (nSPS) is 17.3. The molecular weight excluding hydrogens is 389 g/mol. The molecule has 2 aromatic rings. The molecule has 1 saturated heterocycles. The van der Waals surface area contributed by atoms with Crippen LogP contribution in [0.5, 0.6) is 0 Å². The van der Waals surface area contributed by atoms with Crippen LogP contribution >= 0.6 is 23.2 Å². The Hall–Kier alpha value is -2.41. The first-order valence-corrected chi connectivity index (χ1v) is 9.03. The van der Waals surface area contributed by atoms with E-state index in [9.17, 15) is 9.59 Å². The van der Waals surface area contributed by atoms with Gasteiger partial charge in [-0.05, 0) is 47.0 Å². The molecule has 0 saturated carbocycles. The van der Waals surface area contributed by atoms with E-state index in [4.69, 9.17) is 33.7 Å². The van der Waals surface area contributed by atoms with Gasteiger partial charge in [0.1, 0.15) is 5.69 Å². The van der Waals surface area contributed by atoms with Crippen LogP contribution < -0.4 is 5.73 Å². The van der Waals surface area contributed by atoms with Crippen LogP contribution in [-0.2, 0) is 9.53 Å². The lowest BCUT2D eigenvalue weighted by atomic mass is 9.98. The van der Waals surface area contributed by atoms with Gasteiger partial charge >= 0.3 is 0 Å². The molecule has 0 aliphatic carbocycles. The molecule has 3 rings (SSSR count). The van der Waals surface area contributed by atoms with Crippen molar-refractivity contribution in [2.75, 3.05) is 19.8 Å². The lowest BCUT2D eigenvalue weighted by Crippen LogP contribution is -2.42. The molecule has 140 valence electrons. The zero-order valence-electron chi connectivity index (χ0n) is 14.3. The predicted octanol–water partition coefficient (Wildman–Crippen LogP) is 3.15. The second-order valence-electron chi connectivity index (χ2n) is 5.98. The van der Waals surface area contributed by atoms with E-state index in [0.717, 1.165) is 16.7 Å². The van der Waals surface area contributed by atoms with E-state index in [0.29, 0.717) is 24.8 Å². The highest BCUT2D eigenvalue weighted by molar-refractivity contribution is 6.31. The summed E-state index contributed by atoms with van der Waals surface area (Å²) in [5.41, 5.74) is 9.03. The number of amides is 2. The van der Waals surface area contributed by atoms with Crippen LogP contribution in [0.4, 0.5) is 0 Å². The number of nitrogens with two attached hydrogens (primary N) is 1. The van der Waals surface area contributed by atoms with E-state index in [1.165, 1.54) is 17.8 Å². The van der Waals surface area contributed by atoms with Gasteiger partial charge in [-0.15, -0.1) is 0 Å². The molecule has 1 aromatic heterocycles. The quantitative estimate of drug-likeness (QED) is 0.791. The number of pyridine rings is 1. The smallest absolute Gasteiger partial charge is 0.267 e. The summed E-state index contributed by atoms with van der Waals surface area (Å²) < 4.78 is 5.57. The molecule has 1 aliphatic rings. The molecule has 1 atom stereocenters. The van der Waals surface area contributed by atoms with Gasteiger partial charge in [-0.1, -0.05) is 23.2 Å². The number of morpholine rings is 1. The Kier molecular flexibility index (Phi) is 6.11. The van der Waals surface area contributed by atoms with E-state index in [-0.39, 0.29) is 17.6 Å². The maximum Gasteiger partial charge on any atom is 0.267 e. The van der Waals surface area contributed by atoms with E-state index in [1.807, 2.05) is 6.07 Å². The third kappa shape index (κ3) is 4.47. The van der Waals surface area contributed by atoms with Gasteiger partial charge in [0, 0.05) is 29.4 Å². The first kappa shape index (κ1) is 19.4. The van der Waals surface area contributed by atoms with Crippen LogP contribution in [0.3, 0.4) is 0 Å². The second-order valence-corrected chi connectivity index (χ2v) is 6.67. The summed E-state index contributed by atoms with van der Waals surface area (Å²) in [6, 6.07) is 8.56. The summed E-state index contributed by atoms with van der Waals surface area (Å²) in [5.74, 6) is -0.802. The Labute approximate surface area is 166 Å². The number of ether oxygens (including phenoxy) is 1. The molecule has 0 unspecified atom stereocenters. The SMILES string of the molecule is NC(=O)c1cc(-c2cc(Cl)cc([C@H]3COCCN3C(=O)/C=C\Cl)c2)ccn1. The van der Waals surface area contributed by atoms with E-state index >= 15 is 0 Å². The molecule has 1 fully saturated rings. The summed E-state index contributed by atoms with van der Waals surface area (Å²) in [5, 5.41) is 0.505. The van der Waals surface area contributed by atoms with Gasteiger partial charge in [-0.25, -0.2) is 0 Å². The summed E-state index contributed by atoms with van der Waals surface area (Å²) in [6.45, 7) is 1.26. The predicted molar refractivity (Wildman–Crippen MR) is 103 cm³/mol. The van der Waals surface area contributed by atoms with E-state index in [2.05, 4.69) is 4.98 Å². The molecule has 2 amide bonds. The highest BCUT2D eigenvalue weighted by Gasteiger charge is 2.28. The third-order valence-corrected chi connectivity index (χ3v) is 4.61. The van der Waals surface area contributed by atoms with Crippen molar-refractivity contribution < 1.29 is 14.3 Å². The van der Waals surface area contributed by atoms with Crippen molar-refractivity contribution in [1.29, 1.82) is 0 Å². The molecule has 2 heterocycles. The fourth-order valence-corrected chi connectivity index (χ4v) is 3.36. The second kappa shape index (κ2) is 8.52. The van der Waals surface area contributed by atoms with Crippen LogP contribution in [0, 0.1) is 0 Å². The van der Waals surface area contributed by atoms with Gasteiger partial charge in [-0.2, -0.15) is 0 Å². The number of aromatic nitrogens is 1. The standard InChI is InChI=1S/C19H17Cl2N3O3/c20-3-1-18(25)24-5-6-27-11-17(24)14-7-13(8-15(21)9-14)12-2-4-23-16(10-12)19(22)26/h1-4,7-10,17H,5-6,11H2,(H2,22,26)/b3-1-/t17-/m1/s1. The number of carbonyl (C=O) groups excluding carboxylic acids is 2. The number of carbonyl (C=O) groups is 2. The molecule has 2 N–H and O–H groups in total. The highest BCUT2D eigenvalue weighted by atomic mass is 35.5. The zero-order chi connectivity index (χ0) is 19.4. The lowest BCUT2D eigenvalue weighted by molar-refractivity contribution is -0.134. The van der Waals surface area contributed by atoms with Gasteiger partial charge in [-0.3, -0.25) is 14.6 Å². The molecular formula is C19H17Cl2N3O3. The Bertz CT molecular complexity index is 902. The summed E-state index contributed by atoms with van der Waals surface area (Å²) in [4.78, 5) is 29.4. The first-order valence-electron chi connectivity index (χ1n) is 8.21. The average molecular weight is 406 g/mol. The van der Waals surface area contributed by atoms with Gasteiger partial charge in [0.25, 0.3) is 5.91 Å². The monoisotopic (exact) mass is 405 g/mol. The van der Waals surface area contributed by atoms with Crippen molar-refractivity contribution in [3.63, 3.8) is 0 Å². The van der Waals surface area contributed by atoms with E-state index < -0.39 is 5.91 Å². The Morgan fingerprint density at radius 2 is 2.07 bits per heavy atom. The number of hydrogen-bond acceptors (Lipinski definition) is 4.